The molecule has 0 N–H and O–H groups in total. The van der Waals surface area contributed by atoms with Crippen molar-refractivity contribution in [1.29, 1.82) is 0 Å². The summed E-state index contributed by atoms with van der Waals surface area (Å²) in [5, 5.41) is 1.25. The maximum absolute atomic E-state index is 4.66. The number of benzene rings is 1. The van der Waals surface area contributed by atoms with Crippen LogP contribution >= 0.6 is 0 Å². The first-order valence-electron chi connectivity index (χ1n) is 6.22. The van der Waals surface area contributed by atoms with Crippen LogP contribution in [0, 0.1) is 0 Å². The number of unbranched alkanes of at least 4 members (excludes halogenated alkanes) is 1. The first kappa shape index (κ1) is 10.3. The Balaban J connectivity index is 2.10. The Labute approximate surface area is 101 Å². The number of rotatable bonds is 3. The summed E-state index contributed by atoms with van der Waals surface area (Å²) >= 11 is 0. The number of fused-ring (bicyclic) bond motifs is 3. The van der Waals surface area contributed by atoms with Gasteiger partial charge in [0.15, 0.2) is 0 Å². The van der Waals surface area contributed by atoms with Gasteiger partial charge >= 0.3 is 0 Å². The lowest BCUT2D eigenvalue weighted by atomic mass is 10.1. The molecule has 0 radical (unpaired) electrons. The van der Waals surface area contributed by atoms with Gasteiger partial charge in [0, 0.05) is 29.9 Å². The number of aryl methyl sites for hydroxylation is 1. The third kappa shape index (κ3) is 1.80. The van der Waals surface area contributed by atoms with Gasteiger partial charge in [-0.1, -0.05) is 31.5 Å². The van der Waals surface area contributed by atoms with Gasteiger partial charge in [-0.15, -0.1) is 0 Å². The molecule has 0 amide bonds. The monoisotopic (exact) mass is 224 g/mol. The van der Waals surface area contributed by atoms with Crippen molar-refractivity contribution in [2.45, 2.75) is 26.3 Å². The number of hydrogen-bond acceptors (Lipinski definition) is 1. The van der Waals surface area contributed by atoms with Gasteiger partial charge < -0.3 is 4.57 Å². The van der Waals surface area contributed by atoms with E-state index in [-0.39, 0.29) is 0 Å². The molecule has 0 bridgehead atoms. The van der Waals surface area contributed by atoms with Crippen LogP contribution in [0.4, 0.5) is 0 Å². The fourth-order valence-corrected chi connectivity index (χ4v) is 2.25. The van der Waals surface area contributed by atoms with Crippen LogP contribution in [-0.4, -0.2) is 9.55 Å². The lowest BCUT2D eigenvalue weighted by Gasteiger charge is -2.07. The zero-order valence-corrected chi connectivity index (χ0v) is 10.1. The van der Waals surface area contributed by atoms with Crippen LogP contribution in [0.25, 0.3) is 22.2 Å². The van der Waals surface area contributed by atoms with Crippen molar-refractivity contribution in [2.24, 2.45) is 0 Å². The Morgan fingerprint density at radius 2 is 2.06 bits per heavy atom. The molecular formula is C15H16N2. The third-order valence-corrected chi connectivity index (χ3v) is 3.20. The molecule has 86 valence electrons. The van der Waals surface area contributed by atoms with Crippen molar-refractivity contribution in [3.05, 3.63) is 42.7 Å². The van der Waals surface area contributed by atoms with E-state index >= 15 is 0 Å². The van der Waals surface area contributed by atoms with E-state index in [2.05, 4.69) is 53.1 Å². The Morgan fingerprint density at radius 1 is 1.18 bits per heavy atom. The van der Waals surface area contributed by atoms with Gasteiger partial charge in [0.05, 0.1) is 11.2 Å². The molecule has 0 saturated carbocycles. The second-order valence-electron chi connectivity index (χ2n) is 4.46. The molecule has 0 unspecified atom stereocenters. The summed E-state index contributed by atoms with van der Waals surface area (Å²) in [5.74, 6) is 0. The Bertz CT molecular complexity index is 609. The third-order valence-electron chi connectivity index (χ3n) is 3.20. The van der Waals surface area contributed by atoms with E-state index in [1.165, 1.54) is 23.8 Å². The summed E-state index contributed by atoms with van der Waals surface area (Å²) in [4.78, 5) is 4.66. The van der Waals surface area contributed by atoms with Crippen LogP contribution in [0.5, 0.6) is 0 Å². The molecule has 0 aliphatic carbocycles. The van der Waals surface area contributed by atoms with Crippen molar-refractivity contribution in [3.63, 3.8) is 0 Å². The molecule has 0 atom stereocenters. The number of hydrogen-bond donors (Lipinski definition) is 0. The van der Waals surface area contributed by atoms with Gasteiger partial charge in [0.2, 0.25) is 0 Å². The number of para-hydroxylation sites is 1. The molecule has 17 heavy (non-hydrogen) atoms. The zero-order chi connectivity index (χ0) is 11.7. The Kier molecular flexibility index (Phi) is 2.56. The van der Waals surface area contributed by atoms with Gasteiger partial charge in [-0.2, -0.15) is 0 Å². The predicted molar refractivity (Wildman–Crippen MR) is 71.3 cm³/mol. The van der Waals surface area contributed by atoms with E-state index < -0.39 is 0 Å². The quantitative estimate of drug-likeness (QED) is 0.659. The van der Waals surface area contributed by atoms with E-state index in [9.17, 15) is 0 Å². The lowest BCUT2D eigenvalue weighted by Crippen LogP contribution is -1.98. The molecule has 0 aromatic heterocycles. The molecule has 2 aliphatic heterocycles. The summed E-state index contributed by atoms with van der Waals surface area (Å²) in [7, 11) is 0. The van der Waals surface area contributed by atoms with Crippen molar-refractivity contribution >= 4 is 10.9 Å². The molecule has 1 aromatic rings. The van der Waals surface area contributed by atoms with Crippen molar-refractivity contribution in [2.75, 3.05) is 0 Å². The van der Waals surface area contributed by atoms with Crippen LogP contribution in [0.3, 0.4) is 0 Å². The van der Waals surface area contributed by atoms with Crippen molar-refractivity contribution in [3.8, 4) is 11.3 Å². The van der Waals surface area contributed by atoms with E-state index in [4.69, 9.17) is 0 Å². The fourth-order valence-electron chi connectivity index (χ4n) is 2.25. The van der Waals surface area contributed by atoms with Crippen LogP contribution in [0.15, 0.2) is 42.7 Å². The Hall–Kier alpha value is -1.83. The molecular weight excluding hydrogens is 208 g/mol. The highest BCUT2D eigenvalue weighted by molar-refractivity contribution is 5.96. The van der Waals surface area contributed by atoms with Crippen LogP contribution in [-0.2, 0) is 6.54 Å². The number of aromatic nitrogens is 2. The SMILES string of the molecule is CCCCn1ccc2c3ccccc3nc-2c1. The van der Waals surface area contributed by atoms with Gasteiger partial charge in [-0.3, -0.25) is 0 Å². The average molecular weight is 224 g/mol. The smallest absolute Gasteiger partial charge is 0.0878 e. The Morgan fingerprint density at radius 3 is 2.94 bits per heavy atom. The minimum atomic E-state index is 1.08. The van der Waals surface area contributed by atoms with Crippen molar-refractivity contribution < 1.29 is 0 Å². The maximum Gasteiger partial charge on any atom is 0.0878 e. The highest BCUT2D eigenvalue weighted by Gasteiger charge is 2.10. The van der Waals surface area contributed by atoms with E-state index in [1.807, 2.05) is 6.07 Å². The van der Waals surface area contributed by atoms with Gasteiger partial charge in [-0.25, -0.2) is 4.98 Å². The molecule has 0 spiro atoms. The highest BCUT2D eigenvalue weighted by atomic mass is 14.9. The molecule has 2 nitrogen and oxygen atoms in total. The summed E-state index contributed by atoms with van der Waals surface area (Å²) in [6.45, 7) is 3.30. The molecule has 2 aliphatic rings. The molecule has 2 heterocycles. The topological polar surface area (TPSA) is 17.8 Å². The minimum absolute atomic E-state index is 1.08. The summed E-state index contributed by atoms with van der Waals surface area (Å²) in [6.07, 6.45) is 6.76. The fraction of sp³-hybridized carbons (Fsp3) is 0.267. The standard InChI is InChI=1S/C15H16N2/c1-2-3-9-17-10-8-13-12-6-4-5-7-14(12)16-15(13)11-17/h4-8,10-11H,2-3,9H2,1H3. The predicted octanol–water partition coefficient (Wildman–Crippen LogP) is 3.94. The molecule has 3 rings (SSSR count). The molecule has 0 fully saturated rings. The maximum atomic E-state index is 4.66. The lowest BCUT2D eigenvalue weighted by molar-refractivity contribution is 0.628. The largest absolute Gasteiger partial charge is 0.352 e. The molecule has 0 saturated heterocycles. The van der Waals surface area contributed by atoms with Crippen LogP contribution < -0.4 is 0 Å². The van der Waals surface area contributed by atoms with Gasteiger partial charge in [0.1, 0.15) is 0 Å². The van der Waals surface area contributed by atoms with E-state index in [0.717, 1.165) is 17.8 Å². The summed E-state index contributed by atoms with van der Waals surface area (Å²) in [6, 6.07) is 10.5. The zero-order valence-electron chi connectivity index (χ0n) is 10.1. The highest BCUT2D eigenvalue weighted by Crippen LogP contribution is 2.30. The normalized spacial score (nSPS) is 11.4. The second-order valence-corrected chi connectivity index (χ2v) is 4.46. The first-order valence-corrected chi connectivity index (χ1v) is 6.22. The first-order chi connectivity index (χ1) is 8.38. The van der Waals surface area contributed by atoms with Crippen LogP contribution in [0.1, 0.15) is 19.8 Å². The molecule has 1 aromatic carbocycles. The van der Waals surface area contributed by atoms with E-state index in [0.29, 0.717) is 0 Å². The number of pyridine rings is 1. The second kappa shape index (κ2) is 4.21. The summed E-state index contributed by atoms with van der Waals surface area (Å²) < 4.78 is 2.23. The van der Waals surface area contributed by atoms with Gasteiger partial charge in [0.25, 0.3) is 0 Å². The molecule has 2 heteroatoms. The van der Waals surface area contributed by atoms with E-state index in [1.54, 1.807) is 0 Å². The van der Waals surface area contributed by atoms with Gasteiger partial charge in [-0.05, 0) is 18.6 Å². The number of nitrogens with zero attached hydrogens (tertiary/aromatic N) is 2. The van der Waals surface area contributed by atoms with Crippen LogP contribution in [0.2, 0.25) is 0 Å². The summed E-state index contributed by atoms with van der Waals surface area (Å²) in [5.41, 5.74) is 3.45. The van der Waals surface area contributed by atoms with Crippen molar-refractivity contribution in [1.82, 2.24) is 9.55 Å². The average Bonchev–Trinajstić information content (AvgIpc) is 2.74. The minimum Gasteiger partial charge on any atom is -0.352 e.